The Morgan fingerprint density at radius 1 is 1.22 bits per heavy atom. The highest BCUT2D eigenvalue weighted by molar-refractivity contribution is 7.89. The van der Waals surface area contributed by atoms with E-state index in [4.69, 9.17) is 4.74 Å². The predicted molar refractivity (Wildman–Crippen MR) is 85.7 cm³/mol. The summed E-state index contributed by atoms with van der Waals surface area (Å²) in [6.45, 7) is 0.516. The van der Waals surface area contributed by atoms with Crippen LogP contribution in [0.4, 0.5) is 0 Å². The molecule has 3 rings (SSSR count). The largest absolute Gasteiger partial charge is 0.481 e. The van der Waals surface area contributed by atoms with E-state index in [0.29, 0.717) is 12.4 Å². The lowest BCUT2D eigenvalue weighted by Crippen LogP contribution is -2.45. The number of aliphatic hydroxyl groups is 1. The third-order valence-electron chi connectivity index (χ3n) is 5.05. The van der Waals surface area contributed by atoms with Crippen molar-refractivity contribution in [2.24, 2.45) is 5.92 Å². The van der Waals surface area contributed by atoms with Crippen molar-refractivity contribution in [3.8, 4) is 5.88 Å². The minimum Gasteiger partial charge on any atom is -0.481 e. The third kappa shape index (κ3) is 3.22. The Labute approximate surface area is 137 Å². The molecule has 1 saturated carbocycles. The van der Waals surface area contributed by atoms with Crippen LogP contribution in [0.15, 0.2) is 23.2 Å². The number of rotatable bonds is 4. The average Bonchev–Trinajstić information content (AvgIpc) is 3.05. The number of aliphatic hydroxyl groups excluding tert-OH is 1. The molecule has 2 aliphatic rings. The van der Waals surface area contributed by atoms with E-state index < -0.39 is 16.1 Å². The quantitative estimate of drug-likeness (QED) is 0.904. The standard InChI is InChI=1S/C16H24N2O4S/c1-22-16-9-8-12(11-17-16)23(20,21)18-10-4-6-14(18)13-5-2-3-7-15(13)19/h8-9,11,13-15,19H,2-7,10H2,1H3/t13-,14+,15-/m0/s1. The second-order valence-electron chi connectivity index (χ2n) is 6.38. The highest BCUT2D eigenvalue weighted by Crippen LogP contribution is 2.37. The second-order valence-corrected chi connectivity index (χ2v) is 8.27. The topological polar surface area (TPSA) is 79.7 Å². The van der Waals surface area contributed by atoms with Crippen molar-refractivity contribution in [2.45, 2.75) is 55.6 Å². The van der Waals surface area contributed by atoms with Gasteiger partial charge >= 0.3 is 0 Å². The summed E-state index contributed by atoms with van der Waals surface area (Å²) in [4.78, 5) is 4.20. The molecule has 1 aromatic heterocycles. The molecular weight excluding hydrogens is 316 g/mol. The minimum absolute atomic E-state index is 0.0484. The van der Waals surface area contributed by atoms with E-state index in [1.54, 1.807) is 10.4 Å². The van der Waals surface area contributed by atoms with Crippen LogP contribution in [-0.2, 0) is 10.0 Å². The summed E-state index contributed by atoms with van der Waals surface area (Å²) >= 11 is 0. The fourth-order valence-electron chi connectivity index (χ4n) is 3.86. The van der Waals surface area contributed by atoms with Gasteiger partial charge in [-0.05, 0) is 31.7 Å². The van der Waals surface area contributed by atoms with Gasteiger partial charge in [0.2, 0.25) is 15.9 Å². The molecule has 3 atom stereocenters. The van der Waals surface area contributed by atoms with Crippen LogP contribution >= 0.6 is 0 Å². The summed E-state index contributed by atoms with van der Waals surface area (Å²) < 4.78 is 32.5. The summed E-state index contributed by atoms with van der Waals surface area (Å²) in [6, 6.07) is 3.00. The summed E-state index contributed by atoms with van der Waals surface area (Å²) in [5.74, 6) is 0.442. The molecule has 0 unspecified atom stereocenters. The van der Waals surface area contributed by atoms with E-state index in [0.717, 1.165) is 38.5 Å². The molecule has 0 amide bonds. The molecule has 6 nitrogen and oxygen atoms in total. The molecule has 23 heavy (non-hydrogen) atoms. The lowest BCUT2D eigenvalue weighted by molar-refractivity contribution is 0.0386. The SMILES string of the molecule is COc1ccc(S(=O)(=O)N2CCC[C@@H]2[C@@H]2CCCC[C@@H]2O)cn1. The normalized spacial score (nSPS) is 29.6. The van der Waals surface area contributed by atoms with Gasteiger partial charge in [0.15, 0.2) is 0 Å². The van der Waals surface area contributed by atoms with Crippen LogP contribution in [0.1, 0.15) is 38.5 Å². The first kappa shape index (κ1) is 16.7. The van der Waals surface area contributed by atoms with Gasteiger partial charge in [0.25, 0.3) is 0 Å². The van der Waals surface area contributed by atoms with E-state index in [-0.39, 0.29) is 16.9 Å². The van der Waals surface area contributed by atoms with E-state index in [9.17, 15) is 13.5 Å². The lowest BCUT2D eigenvalue weighted by atomic mass is 9.81. The Hall–Kier alpha value is -1.18. The first-order valence-corrected chi connectivity index (χ1v) is 9.68. The zero-order chi connectivity index (χ0) is 16.4. The molecule has 0 aromatic carbocycles. The first-order chi connectivity index (χ1) is 11.0. The summed E-state index contributed by atoms with van der Waals surface area (Å²) in [5, 5.41) is 10.3. The van der Waals surface area contributed by atoms with Crippen LogP contribution in [0.5, 0.6) is 5.88 Å². The summed E-state index contributed by atoms with van der Waals surface area (Å²) in [7, 11) is -2.08. The molecule has 1 aliphatic heterocycles. The lowest BCUT2D eigenvalue weighted by Gasteiger charge is -2.36. The number of sulfonamides is 1. The van der Waals surface area contributed by atoms with Gasteiger partial charge in [-0.2, -0.15) is 4.31 Å². The Kier molecular flexibility index (Phi) is 4.89. The molecule has 2 heterocycles. The maximum atomic E-state index is 13.0. The predicted octanol–water partition coefficient (Wildman–Crippen LogP) is 1.79. The molecule has 1 aromatic rings. The van der Waals surface area contributed by atoms with Crippen LogP contribution in [0.25, 0.3) is 0 Å². The van der Waals surface area contributed by atoms with Crippen LogP contribution in [0, 0.1) is 5.92 Å². The fourth-order valence-corrected chi connectivity index (χ4v) is 5.54. The zero-order valence-corrected chi connectivity index (χ0v) is 14.2. The van der Waals surface area contributed by atoms with Crippen molar-refractivity contribution >= 4 is 10.0 Å². The molecular formula is C16H24N2O4S. The van der Waals surface area contributed by atoms with Gasteiger partial charge in [-0.25, -0.2) is 13.4 Å². The van der Waals surface area contributed by atoms with E-state index in [2.05, 4.69) is 4.98 Å². The Bertz CT molecular complexity index is 632. The molecule has 0 spiro atoms. The Balaban J connectivity index is 1.85. The first-order valence-electron chi connectivity index (χ1n) is 8.24. The van der Waals surface area contributed by atoms with Gasteiger partial charge in [0.1, 0.15) is 4.90 Å². The van der Waals surface area contributed by atoms with Crippen molar-refractivity contribution in [3.63, 3.8) is 0 Å². The number of methoxy groups -OCH3 is 1. The van der Waals surface area contributed by atoms with E-state index >= 15 is 0 Å². The van der Waals surface area contributed by atoms with Crippen LogP contribution in [-0.4, -0.2) is 48.6 Å². The minimum atomic E-state index is -3.58. The smallest absolute Gasteiger partial charge is 0.244 e. The van der Waals surface area contributed by atoms with Crippen LogP contribution < -0.4 is 4.74 Å². The molecule has 0 radical (unpaired) electrons. The Morgan fingerprint density at radius 3 is 2.65 bits per heavy atom. The molecule has 1 N–H and O–H groups in total. The molecule has 0 bridgehead atoms. The van der Waals surface area contributed by atoms with E-state index in [1.807, 2.05) is 0 Å². The maximum absolute atomic E-state index is 13.0. The monoisotopic (exact) mass is 340 g/mol. The number of aromatic nitrogens is 1. The number of pyridine rings is 1. The van der Waals surface area contributed by atoms with Gasteiger partial charge in [-0.3, -0.25) is 0 Å². The molecule has 1 saturated heterocycles. The third-order valence-corrected chi connectivity index (χ3v) is 6.96. The molecule has 7 heteroatoms. The second kappa shape index (κ2) is 6.75. The van der Waals surface area contributed by atoms with Crippen molar-refractivity contribution in [3.05, 3.63) is 18.3 Å². The highest BCUT2D eigenvalue weighted by Gasteiger charge is 2.42. The molecule has 128 valence electrons. The molecule has 1 aliphatic carbocycles. The van der Waals surface area contributed by atoms with Gasteiger partial charge in [-0.15, -0.1) is 0 Å². The van der Waals surface area contributed by atoms with Crippen molar-refractivity contribution in [1.82, 2.24) is 9.29 Å². The number of hydrogen-bond acceptors (Lipinski definition) is 5. The van der Waals surface area contributed by atoms with Crippen molar-refractivity contribution in [2.75, 3.05) is 13.7 Å². The summed E-state index contributed by atoms with van der Waals surface area (Å²) in [5.41, 5.74) is 0. The fraction of sp³-hybridized carbons (Fsp3) is 0.688. The van der Waals surface area contributed by atoms with Gasteiger partial charge in [-0.1, -0.05) is 12.8 Å². The van der Waals surface area contributed by atoms with Crippen LogP contribution in [0.2, 0.25) is 0 Å². The van der Waals surface area contributed by atoms with Gasteiger partial charge in [0.05, 0.1) is 19.4 Å². The van der Waals surface area contributed by atoms with Crippen LogP contribution in [0.3, 0.4) is 0 Å². The maximum Gasteiger partial charge on any atom is 0.244 e. The number of ether oxygens (including phenoxy) is 1. The zero-order valence-electron chi connectivity index (χ0n) is 13.4. The Morgan fingerprint density at radius 2 is 2.00 bits per heavy atom. The summed E-state index contributed by atoms with van der Waals surface area (Å²) in [6.07, 6.45) is 6.40. The van der Waals surface area contributed by atoms with E-state index in [1.165, 1.54) is 19.4 Å². The van der Waals surface area contributed by atoms with Crippen molar-refractivity contribution < 1.29 is 18.3 Å². The number of hydrogen-bond donors (Lipinski definition) is 1. The van der Waals surface area contributed by atoms with Gasteiger partial charge < -0.3 is 9.84 Å². The van der Waals surface area contributed by atoms with Crippen molar-refractivity contribution in [1.29, 1.82) is 0 Å². The highest BCUT2D eigenvalue weighted by atomic mass is 32.2. The number of nitrogens with zero attached hydrogens (tertiary/aromatic N) is 2. The average molecular weight is 340 g/mol. The molecule has 2 fully saturated rings. The van der Waals surface area contributed by atoms with Gasteiger partial charge in [0, 0.05) is 24.6 Å².